The highest BCUT2D eigenvalue weighted by atomic mass is 16.3. The molecule has 0 heterocycles. The maximum absolute atomic E-state index is 10.2. The first-order valence-corrected chi connectivity index (χ1v) is 6.33. The zero-order chi connectivity index (χ0) is 11.3. The molecule has 0 aromatic rings. The Morgan fingerprint density at radius 3 is 2.60 bits per heavy atom. The number of rotatable bonds is 1. The summed E-state index contributed by atoms with van der Waals surface area (Å²) in [6.45, 7) is 9.28. The van der Waals surface area contributed by atoms with Gasteiger partial charge in [0, 0.05) is 0 Å². The van der Waals surface area contributed by atoms with Crippen LogP contribution >= 0.6 is 0 Å². The molecule has 0 amide bonds. The van der Waals surface area contributed by atoms with Crippen LogP contribution in [0.2, 0.25) is 0 Å². The monoisotopic (exact) mass is 208 g/mol. The molecule has 2 aliphatic rings. The number of hydrogen-bond donors (Lipinski definition) is 1. The number of aliphatic hydroxyl groups is 1. The van der Waals surface area contributed by atoms with E-state index in [2.05, 4.69) is 27.7 Å². The van der Waals surface area contributed by atoms with Crippen LogP contribution in [0, 0.1) is 10.8 Å². The molecule has 0 saturated carbocycles. The minimum Gasteiger partial charge on any atom is -0.389 e. The van der Waals surface area contributed by atoms with Crippen LogP contribution in [-0.2, 0) is 0 Å². The van der Waals surface area contributed by atoms with Gasteiger partial charge in [0.2, 0.25) is 0 Å². The van der Waals surface area contributed by atoms with Crippen LogP contribution in [0.4, 0.5) is 0 Å². The van der Waals surface area contributed by atoms with Crippen molar-refractivity contribution < 1.29 is 5.11 Å². The Bertz CT molecular complexity index is 300. The van der Waals surface area contributed by atoms with E-state index >= 15 is 0 Å². The summed E-state index contributed by atoms with van der Waals surface area (Å²) >= 11 is 0. The highest BCUT2D eigenvalue weighted by Gasteiger charge is 2.48. The topological polar surface area (TPSA) is 20.2 Å². The molecule has 0 spiro atoms. The summed E-state index contributed by atoms with van der Waals surface area (Å²) in [5.41, 5.74) is 3.56. The standard InChI is InChI=1S/C14H24O/c1-5-14(4)9-13(2,3)12-10(14)7-6-8-11(12)15/h11,15H,5-9H2,1-4H3. The van der Waals surface area contributed by atoms with Gasteiger partial charge in [-0.2, -0.15) is 0 Å². The highest BCUT2D eigenvalue weighted by molar-refractivity contribution is 5.37. The number of allylic oxidation sites excluding steroid dienone is 1. The largest absolute Gasteiger partial charge is 0.389 e. The van der Waals surface area contributed by atoms with E-state index in [0.717, 1.165) is 6.42 Å². The van der Waals surface area contributed by atoms with Crippen LogP contribution < -0.4 is 0 Å². The van der Waals surface area contributed by atoms with E-state index < -0.39 is 0 Å². The summed E-state index contributed by atoms with van der Waals surface area (Å²) in [5, 5.41) is 10.2. The van der Waals surface area contributed by atoms with Crippen molar-refractivity contribution in [1.29, 1.82) is 0 Å². The summed E-state index contributed by atoms with van der Waals surface area (Å²) < 4.78 is 0. The second-order valence-electron chi connectivity index (χ2n) is 6.28. The third kappa shape index (κ3) is 1.56. The van der Waals surface area contributed by atoms with E-state index in [1.54, 1.807) is 5.57 Å². The molecule has 1 N–H and O–H groups in total. The zero-order valence-electron chi connectivity index (χ0n) is 10.6. The smallest absolute Gasteiger partial charge is 0.0758 e. The van der Waals surface area contributed by atoms with E-state index in [1.165, 1.54) is 31.3 Å². The lowest BCUT2D eigenvalue weighted by molar-refractivity contribution is 0.164. The average molecular weight is 208 g/mol. The van der Waals surface area contributed by atoms with Crippen molar-refractivity contribution in [2.24, 2.45) is 10.8 Å². The van der Waals surface area contributed by atoms with Crippen LogP contribution in [0.25, 0.3) is 0 Å². The summed E-state index contributed by atoms with van der Waals surface area (Å²) in [6, 6.07) is 0. The second kappa shape index (κ2) is 3.35. The molecule has 86 valence electrons. The Morgan fingerprint density at radius 1 is 1.33 bits per heavy atom. The van der Waals surface area contributed by atoms with Crippen LogP contribution in [-0.4, -0.2) is 11.2 Å². The third-order valence-electron chi connectivity index (χ3n) is 4.63. The van der Waals surface area contributed by atoms with Crippen molar-refractivity contribution in [3.8, 4) is 0 Å². The molecule has 2 unspecified atom stereocenters. The molecule has 15 heavy (non-hydrogen) atoms. The average Bonchev–Trinajstić information content (AvgIpc) is 2.36. The first-order valence-electron chi connectivity index (χ1n) is 6.33. The number of hydrogen-bond acceptors (Lipinski definition) is 1. The number of aliphatic hydroxyl groups excluding tert-OH is 1. The minimum absolute atomic E-state index is 0.155. The molecule has 0 saturated heterocycles. The first kappa shape index (κ1) is 11.2. The summed E-state index contributed by atoms with van der Waals surface area (Å²) in [7, 11) is 0. The van der Waals surface area contributed by atoms with Crippen LogP contribution in [0.3, 0.4) is 0 Å². The normalized spacial score (nSPS) is 39.4. The molecule has 1 heteroatoms. The summed E-state index contributed by atoms with van der Waals surface area (Å²) in [5.74, 6) is 0. The molecule has 0 bridgehead atoms. The van der Waals surface area contributed by atoms with Crippen molar-refractivity contribution in [3.63, 3.8) is 0 Å². The van der Waals surface area contributed by atoms with Gasteiger partial charge in [0.15, 0.2) is 0 Å². The van der Waals surface area contributed by atoms with Crippen molar-refractivity contribution in [2.75, 3.05) is 0 Å². The lowest BCUT2D eigenvalue weighted by atomic mass is 9.76. The molecule has 1 nitrogen and oxygen atoms in total. The van der Waals surface area contributed by atoms with Crippen LogP contribution in [0.5, 0.6) is 0 Å². The van der Waals surface area contributed by atoms with Crippen molar-refractivity contribution in [1.82, 2.24) is 0 Å². The fourth-order valence-corrected chi connectivity index (χ4v) is 3.95. The molecular formula is C14H24O. The predicted octanol–water partition coefficient (Wildman–Crippen LogP) is 3.67. The van der Waals surface area contributed by atoms with Gasteiger partial charge >= 0.3 is 0 Å². The Hall–Kier alpha value is -0.300. The summed E-state index contributed by atoms with van der Waals surface area (Å²) in [4.78, 5) is 0. The van der Waals surface area contributed by atoms with Gasteiger partial charge in [-0.05, 0) is 48.5 Å². The van der Waals surface area contributed by atoms with E-state index in [0.29, 0.717) is 5.41 Å². The highest BCUT2D eigenvalue weighted by Crippen LogP contribution is 2.58. The SMILES string of the molecule is CCC1(C)CC(C)(C)C2=C1CCCC2O. The molecule has 0 aromatic heterocycles. The van der Waals surface area contributed by atoms with Gasteiger partial charge in [-0.3, -0.25) is 0 Å². The van der Waals surface area contributed by atoms with Crippen LogP contribution in [0.1, 0.15) is 59.8 Å². The zero-order valence-corrected chi connectivity index (χ0v) is 10.6. The molecular weight excluding hydrogens is 184 g/mol. The lowest BCUT2D eigenvalue weighted by Gasteiger charge is -2.30. The molecule has 2 atom stereocenters. The van der Waals surface area contributed by atoms with Gasteiger partial charge in [-0.1, -0.05) is 33.3 Å². The Morgan fingerprint density at radius 2 is 2.00 bits per heavy atom. The van der Waals surface area contributed by atoms with Crippen molar-refractivity contribution in [3.05, 3.63) is 11.1 Å². The molecule has 0 radical (unpaired) electrons. The maximum Gasteiger partial charge on any atom is 0.0758 e. The van der Waals surface area contributed by atoms with Gasteiger partial charge in [-0.25, -0.2) is 0 Å². The molecule has 0 aliphatic heterocycles. The predicted molar refractivity (Wildman–Crippen MR) is 63.7 cm³/mol. The fraction of sp³-hybridized carbons (Fsp3) is 0.857. The van der Waals surface area contributed by atoms with Crippen molar-refractivity contribution in [2.45, 2.75) is 65.9 Å². The van der Waals surface area contributed by atoms with E-state index in [-0.39, 0.29) is 11.5 Å². The van der Waals surface area contributed by atoms with E-state index in [9.17, 15) is 5.11 Å². The molecule has 0 fully saturated rings. The Labute approximate surface area is 93.6 Å². The third-order valence-corrected chi connectivity index (χ3v) is 4.63. The fourth-order valence-electron chi connectivity index (χ4n) is 3.95. The lowest BCUT2D eigenvalue weighted by Crippen LogP contribution is -2.24. The maximum atomic E-state index is 10.2. The Balaban J connectivity index is 2.48. The quantitative estimate of drug-likeness (QED) is 0.652. The first-order chi connectivity index (χ1) is 6.91. The van der Waals surface area contributed by atoms with Gasteiger partial charge in [0.1, 0.15) is 0 Å². The molecule has 2 rings (SSSR count). The molecule has 0 aromatic carbocycles. The molecule has 2 aliphatic carbocycles. The van der Waals surface area contributed by atoms with Gasteiger partial charge in [0.05, 0.1) is 6.10 Å². The van der Waals surface area contributed by atoms with E-state index in [1.807, 2.05) is 0 Å². The summed E-state index contributed by atoms with van der Waals surface area (Å²) in [6.07, 6.45) is 5.64. The van der Waals surface area contributed by atoms with E-state index in [4.69, 9.17) is 0 Å². The second-order valence-corrected chi connectivity index (χ2v) is 6.28. The van der Waals surface area contributed by atoms with Gasteiger partial charge in [0.25, 0.3) is 0 Å². The minimum atomic E-state index is -0.155. The van der Waals surface area contributed by atoms with Gasteiger partial charge < -0.3 is 5.11 Å². The van der Waals surface area contributed by atoms with Gasteiger partial charge in [-0.15, -0.1) is 0 Å². The van der Waals surface area contributed by atoms with Crippen molar-refractivity contribution >= 4 is 0 Å². The van der Waals surface area contributed by atoms with Crippen LogP contribution in [0.15, 0.2) is 11.1 Å². The Kier molecular flexibility index (Phi) is 2.50.